The van der Waals surface area contributed by atoms with Crippen LogP contribution >= 0.6 is 0 Å². The third kappa shape index (κ3) is 3.26. The third-order valence-electron chi connectivity index (χ3n) is 5.20. The Bertz CT molecular complexity index is 974. The molecular weight excluding hydrogens is 346 g/mol. The minimum Gasteiger partial charge on any atom is -0.457 e. The summed E-state index contributed by atoms with van der Waals surface area (Å²) in [5, 5.41) is 6.06. The molecular formula is C20H21N3O4. The van der Waals surface area contributed by atoms with Crippen molar-refractivity contribution in [1.29, 1.82) is 0 Å². The normalized spacial score (nSPS) is 16.7. The number of benzene rings is 1. The van der Waals surface area contributed by atoms with Crippen molar-refractivity contribution in [3.8, 4) is 0 Å². The average molecular weight is 367 g/mol. The third-order valence-corrected chi connectivity index (χ3v) is 5.20. The second-order valence-corrected chi connectivity index (χ2v) is 6.97. The monoisotopic (exact) mass is 367 g/mol. The number of hydrogen-bond donors (Lipinski definition) is 2. The predicted molar refractivity (Wildman–Crippen MR) is 100 cm³/mol. The van der Waals surface area contributed by atoms with E-state index >= 15 is 0 Å². The van der Waals surface area contributed by atoms with Crippen LogP contribution in [0.15, 0.2) is 35.3 Å². The fourth-order valence-corrected chi connectivity index (χ4v) is 3.69. The molecule has 1 aromatic carbocycles. The van der Waals surface area contributed by atoms with E-state index < -0.39 is 5.91 Å². The summed E-state index contributed by atoms with van der Waals surface area (Å²) in [6.07, 6.45) is 3.51. The first-order chi connectivity index (χ1) is 13.0. The van der Waals surface area contributed by atoms with Crippen molar-refractivity contribution < 1.29 is 14.3 Å². The maximum absolute atomic E-state index is 13.0. The molecule has 2 aromatic rings. The van der Waals surface area contributed by atoms with Gasteiger partial charge in [0.1, 0.15) is 12.2 Å². The molecule has 140 valence electrons. The molecule has 7 heteroatoms. The largest absolute Gasteiger partial charge is 0.457 e. The van der Waals surface area contributed by atoms with Crippen molar-refractivity contribution in [3.63, 3.8) is 0 Å². The van der Waals surface area contributed by atoms with Gasteiger partial charge in [-0.05, 0) is 62.7 Å². The lowest BCUT2D eigenvalue weighted by Crippen LogP contribution is -2.37. The number of anilines is 1. The number of nitrogens with zero attached hydrogens (tertiary/aromatic N) is 1. The average Bonchev–Trinajstić information content (AvgIpc) is 3.03. The van der Waals surface area contributed by atoms with E-state index in [9.17, 15) is 14.4 Å². The summed E-state index contributed by atoms with van der Waals surface area (Å²) in [4.78, 5) is 37.3. The van der Waals surface area contributed by atoms with Crippen LogP contribution in [0.25, 0.3) is 0 Å². The molecule has 7 nitrogen and oxygen atoms in total. The molecule has 27 heavy (non-hydrogen) atoms. The lowest BCUT2D eigenvalue weighted by Gasteiger charge is -2.25. The fourth-order valence-electron chi connectivity index (χ4n) is 3.69. The van der Waals surface area contributed by atoms with Gasteiger partial charge in [0, 0.05) is 23.5 Å². The SMILES string of the molecule is Cc1ccn(C2CCNCC2)c(=O)c1C(=O)Nc1ccc2c(c1)COC2=O. The Kier molecular flexibility index (Phi) is 4.53. The van der Waals surface area contributed by atoms with Crippen LogP contribution < -0.4 is 16.2 Å². The number of carbonyl (C=O) groups is 2. The van der Waals surface area contributed by atoms with E-state index in [0.29, 0.717) is 16.8 Å². The Labute approximate surface area is 156 Å². The minimum absolute atomic E-state index is 0.106. The topological polar surface area (TPSA) is 89.4 Å². The number of piperidine rings is 1. The zero-order valence-corrected chi connectivity index (χ0v) is 15.1. The molecule has 2 aliphatic rings. The van der Waals surface area contributed by atoms with E-state index in [1.165, 1.54) is 0 Å². The highest BCUT2D eigenvalue weighted by Gasteiger charge is 2.23. The van der Waals surface area contributed by atoms with Crippen LogP contribution in [0.4, 0.5) is 5.69 Å². The van der Waals surface area contributed by atoms with Gasteiger partial charge in [0.15, 0.2) is 0 Å². The molecule has 0 aliphatic carbocycles. The molecule has 0 unspecified atom stereocenters. The number of fused-ring (bicyclic) bond motifs is 1. The number of cyclic esters (lactones) is 1. The standard InChI is InChI=1S/C20H21N3O4/c1-12-6-9-23(15-4-7-21-8-5-15)19(25)17(12)18(24)22-14-2-3-16-13(10-14)11-27-20(16)26/h2-3,6,9-10,15,21H,4-5,7-8,11H2,1H3,(H,22,24). The van der Waals surface area contributed by atoms with Gasteiger partial charge in [0.25, 0.3) is 11.5 Å². The van der Waals surface area contributed by atoms with Crippen molar-refractivity contribution in [3.05, 3.63) is 63.1 Å². The Morgan fingerprint density at radius 3 is 2.78 bits per heavy atom. The van der Waals surface area contributed by atoms with E-state index in [1.807, 2.05) is 6.07 Å². The van der Waals surface area contributed by atoms with Gasteiger partial charge < -0.3 is 19.9 Å². The number of hydrogen-bond acceptors (Lipinski definition) is 5. The first-order valence-electron chi connectivity index (χ1n) is 9.08. The van der Waals surface area contributed by atoms with Gasteiger partial charge in [-0.2, -0.15) is 0 Å². The van der Waals surface area contributed by atoms with Crippen molar-refractivity contribution in [2.75, 3.05) is 18.4 Å². The zero-order valence-electron chi connectivity index (χ0n) is 15.1. The molecule has 1 aromatic heterocycles. The Balaban J connectivity index is 1.62. The van der Waals surface area contributed by atoms with Crippen LogP contribution in [0.3, 0.4) is 0 Å². The number of pyridine rings is 1. The van der Waals surface area contributed by atoms with Crippen LogP contribution in [0.1, 0.15) is 50.7 Å². The highest BCUT2D eigenvalue weighted by molar-refractivity contribution is 6.05. The molecule has 1 saturated heterocycles. The summed E-state index contributed by atoms with van der Waals surface area (Å²) < 4.78 is 6.66. The molecule has 1 amide bonds. The molecule has 0 bridgehead atoms. The van der Waals surface area contributed by atoms with E-state index in [2.05, 4.69) is 10.6 Å². The summed E-state index contributed by atoms with van der Waals surface area (Å²) in [7, 11) is 0. The molecule has 0 saturated carbocycles. The lowest BCUT2D eigenvalue weighted by molar-refractivity contribution is 0.0535. The second-order valence-electron chi connectivity index (χ2n) is 6.97. The number of aryl methyl sites for hydroxylation is 1. The molecule has 4 rings (SSSR count). The van der Waals surface area contributed by atoms with Gasteiger partial charge in [-0.1, -0.05) is 0 Å². The number of nitrogens with one attached hydrogen (secondary N) is 2. The van der Waals surface area contributed by atoms with E-state index in [1.54, 1.807) is 35.9 Å². The van der Waals surface area contributed by atoms with Gasteiger partial charge in [0.2, 0.25) is 0 Å². The van der Waals surface area contributed by atoms with Gasteiger partial charge >= 0.3 is 5.97 Å². The van der Waals surface area contributed by atoms with Gasteiger partial charge in [-0.25, -0.2) is 4.79 Å². The Hall–Kier alpha value is -2.93. The maximum atomic E-state index is 13.0. The molecule has 0 atom stereocenters. The molecule has 2 aliphatic heterocycles. The lowest BCUT2D eigenvalue weighted by atomic mass is 10.0. The zero-order chi connectivity index (χ0) is 19.0. The van der Waals surface area contributed by atoms with Crippen molar-refractivity contribution in [2.24, 2.45) is 0 Å². The number of esters is 1. The van der Waals surface area contributed by atoms with E-state index in [-0.39, 0.29) is 29.7 Å². The second kappa shape index (κ2) is 7.00. The smallest absolute Gasteiger partial charge is 0.338 e. The number of carbonyl (C=O) groups excluding carboxylic acids is 2. The van der Waals surface area contributed by atoms with E-state index in [4.69, 9.17) is 4.74 Å². The number of amides is 1. The van der Waals surface area contributed by atoms with Crippen molar-refractivity contribution in [1.82, 2.24) is 9.88 Å². The fraction of sp³-hybridized carbons (Fsp3) is 0.350. The van der Waals surface area contributed by atoms with Crippen LogP contribution in [0, 0.1) is 6.92 Å². The summed E-state index contributed by atoms with van der Waals surface area (Å²) in [6.45, 7) is 3.69. The number of ether oxygens (including phenoxy) is 1. The van der Waals surface area contributed by atoms with E-state index in [0.717, 1.165) is 31.5 Å². The Morgan fingerprint density at radius 2 is 2.00 bits per heavy atom. The first kappa shape index (κ1) is 17.5. The summed E-state index contributed by atoms with van der Waals surface area (Å²) in [5.74, 6) is -0.794. The minimum atomic E-state index is -0.439. The molecule has 0 radical (unpaired) electrons. The predicted octanol–water partition coefficient (Wildman–Crippen LogP) is 2.00. The van der Waals surface area contributed by atoms with Gasteiger partial charge in [-0.15, -0.1) is 0 Å². The Morgan fingerprint density at radius 1 is 1.22 bits per heavy atom. The van der Waals surface area contributed by atoms with Crippen LogP contribution in [0.5, 0.6) is 0 Å². The van der Waals surface area contributed by atoms with Crippen molar-refractivity contribution >= 4 is 17.6 Å². The number of aromatic nitrogens is 1. The quantitative estimate of drug-likeness (QED) is 0.810. The van der Waals surface area contributed by atoms with Crippen LogP contribution in [-0.2, 0) is 11.3 Å². The molecule has 1 fully saturated rings. The van der Waals surface area contributed by atoms with Crippen LogP contribution in [-0.4, -0.2) is 29.5 Å². The molecule has 2 N–H and O–H groups in total. The summed E-state index contributed by atoms with van der Waals surface area (Å²) >= 11 is 0. The maximum Gasteiger partial charge on any atom is 0.338 e. The van der Waals surface area contributed by atoms with Crippen LogP contribution in [0.2, 0.25) is 0 Å². The highest BCUT2D eigenvalue weighted by Crippen LogP contribution is 2.24. The summed E-state index contributed by atoms with van der Waals surface area (Å²) in [5.41, 5.74) is 2.31. The first-order valence-corrected chi connectivity index (χ1v) is 9.08. The summed E-state index contributed by atoms with van der Waals surface area (Å²) in [6, 6.07) is 6.90. The molecule has 3 heterocycles. The number of rotatable bonds is 3. The molecule has 0 spiro atoms. The van der Waals surface area contributed by atoms with Gasteiger partial charge in [-0.3, -0.25) is 9.59 Å². The van der Waals surface area contributed by atoms with Gasteiger partial charge in [0.05, 0.1) is 5.56 Å². The van der Waals surface area contributed by atoms with Crippen molar-refractivity contribution in [2.45, 2.75) is 32.4 Å². The highest BCUT2D eigenvalue weighted by atomic mass is 16.5.